The molecule has 0 bridgehead atoms. The first-order valence-corrected chi connectivity index (χ1v) is 6.58. The van der Waals surface area contributed by atoms with Crippen LogP contribution in [-0.2, 0) is 13.2 Å². The topological polar surface area (TPSA) is 90.7 Å². The summed E-state index contributed by atoms with van der Waals surface area (Å²) >= 11 is 0. The normalized spacial score (nSPS) is 11.7. The predicted octanol–water partition coefficient (Wildman–Crippen LogP) is 3.71. The molecular formula is C15H11F3N4O2. The highest BCUT2D eigenvalue weighted by Crippen LogP contribution is 2.32. The summed E-state index contributed by atoms with van der Waals surface area (Å²) in [5.74, 6) is -0.516. The van der Waals surface area contributed by atoms with Crippen LogP contribution in [0.5, 0.6) is 5.88 Å². The van der Waals surface area contributed by atoms with Crippen LogP contribution in [0.15, 0.2) is 39.3 Å². The van der Waals surface area contributed by atoms with Gasteiger partial charge in [-0.25, -0.2) is 0 Å². The number of hydrogen-bond acceptors (Lipinski definition) is 5. The Hall–Kier alpha value is -3.15. The van der Waals surface area contributed by atoms with E-state index in [1.165, 1.54) is 26.1 Å². The van der Waals surface area contributed by atoms with Crippen LogP contribution in [0.3, 0.4) is 0 Å². The summed E-state index contributed by atoms with van der Waals surface area (Å²) in [5, 5.41) is 26.1. The first kappa shape index (κ1) is 17.2. The molecular weight excluding hydrogens is 325 g/mol. The van der Waals surface area contributed by atoms with Crippen molar-refractivity contribution >= 4 is 11.4 Å². The summed E-state index contributed by atoms with van der Waals surface area (Å²) in [6, 6.07) is 5.87. The van der Waals surface area contributed by atoms with Gasteiger partial charge in [0.1, 0.15) is 11.6 Å². The molecule has 9 heteroatoms. The van der Waals surface area contributed by atoms with E-state index in [-0.39, 0.29) is 22.5 Å². The highest BCUT2D eigenvalue weighted by molar-refractivity contribution is 5.56. The van der Waals surface area contributed by atoms with Crippen molar-refractivity contribution in [1.82, 2.24) is 4.57 Å². The van der Waals surface area contributed by atoms with Gasteiger partial charge in [0, 0.05) is 12.6 Å². The van der Waals surface area contributed by atoms with Gasteiger partial charge < -0.3 is 5.11 Å². The Bertz CT molecular complexity index is 924. The maximum atomic E-state index is 12.7. The molecule has 0 spiro atoms. The third-order valence-corrected chi connectivity index (χ3v) is 3.33. The van der Waals surface area contributed by atoms with Crippen LogP contribution in [0.2, 0.25) is 0 Å². The molecule has 0 fully saturated rings. The van der Waals surface area contributed by atoms with Crippen molar-refractivity contribution in [3.05, 3.63) is 51.3 Å². The van der Waals surface area contributed by atoms with Gasteiger partial charge in [-0.05, 0) is 25.1 Å². The summed E-state index contributed by atoms with van der Waals surface area (Å²) in [6.45, 7) is 1.39. The minimum absolute atomic E-state index is 0.0915. The van der Waals surface area contributed by atoms with E-state index in [4.69, 9.17) is 5.26 Å². The molecule has 1 heterocycles. The van der Waals surface area contributed by atoms with Gasteiger partial charge >= 0.3 is 6.18 Å². The van der Waals surface area contributed by atoms with E-state index in [1.54, 1.807) is 6.07 Å². The van der Waals surface area contributed by atoms with Crippen LogP contribution in [0.1, 0.15) is 16.7 Å². The minimum Gasteiger partial charge on any atom is -0.493 e. The number of azo groups is 1. The van der Waals surface area contributed by atoms with Gasteiger partial charge in [-0.1, -0.05) is 6.07 Å². The first-order chi connectivity index (χ1) is 11.2. The van der Waals surface area contributed by atoms with Gasteiger partial charge in [0.2, 0.25) is 5.88 Å². The number of aromatic hydroxyl groups is 1. The number of alkyl halides is 3. The molecule has 1 N–H and O–H groups in total. The molecule has 0 unspecified atom stereocenters. The average Bonchev–Trinajstić information content (AvgIpc) is 2.53. The lowest BCUT2D eigenvalue weighted by atomic mass is 10.1. The Morgan fingerprint density at radius 2 is 1.96 bits per heavy atom. The molecule has 2 aromatic rings. The second-order valence-electron chi connectivity index (χ2n) is 4.90. The van der Waals surface area contributed by atoms with Crippen LogP contribution >= 0.6 is 0 Å². The van der Waals surface area contributed by atoms with Crippen molar-refractivity contribution in [2.45, 2.75) is 13.1 Å². The SMILES string of the molecule is Cc1c(C#N)c(O)n(C)c(=O)c1N=Nc1cccc(C(F)(F)F)c1. The summed E-state index contributed by atoms with van der Waals surface area (Å²) in [7, 11) is 1.24. The molecule has 0 amide bonds. The Labute approximate surface area is 134 Å². The Morgan fingerprint density at radius 1 is 1.29 bits per heavy atom. The van der Waals surface area contributed by atoms with Crippen LogP contribution in [0.4, 0.5) is 24.5 Å². The fourth-order valence-electron chi connectivity index (χ4n) is 1.97. The van der Waals surface area contributed by atoms with Crippen molar-refractivity contribution in [2.24, 2.45) is 17.3 Å². The van der Waals surface area contributed by atoms with E-state index in [1.807, 2.05) is 0 Å². The Morgan fingerprint density at radius 3 is 2.54 bits per heavy atom. The van der Waals surface area contributed by atoms with Gasteiger partial charge in [-0.3, -0.25) is 9.36 Å². The first-order valence-electron chi connectivity index (χ1n) is 6.58. The number of aromatic nitrogens is 1. The monoisotopic (exact) mass is 336 g/mol. The van der Waals surface area contributed by atoms with Crippen molar-refractivity contribution < 1.29 is 18.3 Å². The van der Waals surface area contributed by atoms with Crippen molar-refractivity contribution in [3.63, 3.8) is 0 Å². The number of nitrogens with zero attached hydrogens (tertiary/aromatic N) is 4. The number of rotatable bonds is 2. The average molecular weight is 336 g/mol. The Balaban J connectivity index is 2.54. The molecule has 0 atom stereocenters. The zero-order valence-electron chi connectivity index (χ0n) is 12.6. The summed E-state index contributed by atoms with van der Waals surface area (Å²) in [6.07, 6.45) is -4.52. The quantitative estimate of drug-likeness (QED) is 0.848. The number of nitriles is 1. The molecule has 1 aromatic heterocycles. The number of pyridine rings is 1. The van der Waals surface area contributed by atoms with Crippen LogP contribution in [0, 0.1) is 18.3 Å². The molecule has 6 nitrogen and oxygen atoms in total. The molecule has 0 aliphatic rings. The number of benzene rings is 1. The highest BCUT2D eigenvalue weighted by Gasteiger charge is 2.30. The fraction of sp³-hybridized carbons (Fsp3) is 0.200. The zero-order valence-corrected chi connectivity index (χ0v) is 12.6. The van der Waals surface area contributed by atoms with E-state index in [9.17, 15) is 23.1 Å². The summed E-state index contributed by atoms with van der Waals surface area (Å²) in [4.78, 5) is 12.1. The van der Waals surface area contributed by atoms with Gasteiger partial charge in [-0.15, -0.1) is 5.11 Å². The van der Waals surface area contributed by atoms with Crippen molar-refractivity contribution in [3.8, 4) is 11.9 Å². The maximum absolute atomic E-state index is 12.7. The smallest absolute Gasteiger partial charge is 0.416 e. The minimum atomic E-state index is -4.52. The van der Waals surface area contributed by atoms with Crippen molar-refractivity contribution in [2.75, 3.05) is 0 Å². The lowest BCUT2D eigenvalue weighted by Crippen LogP contribution is -2.18. The molecule has 0 aliphatic heterocycles. The lowest BCUT2D eigenvalue weighted by molar-refractivity contribution is -0.137. The fourth-order valence-corrected chi connectivity index (χ4v) is 1.97. The third-order valence-electron chi connectivity index (χ3n) is 3.33. The number of hydrogen-bond donors (Lipinski definition) is 1. The largest absolute Gasteiger partial charge is 0.493 e. The van der Waals surface area contributed by atoms with Crippen molar-refractivity contribution in [1.29, 1.82) is 5.26 Å². The molecule has 24 heavy (non-hydrogen) atoms. The van der Waals surface area contributed by atoms with Gasteiger partial charge in [0.05, 0.1) is 11.3 Å². The van der Waals surface area contributed by atoms with E-state index in [0.29, 0.717) is 0 Å². The Kier molecular flexibility index (Phi) is 4.41. The molecule has 0 aliphatic carbocycles. The second-order valence-corrected chi connectivity index (χ2v) is 4.90. The van der Waals surface area contributed by atoms with Gasteiger partial charge in [0.15, 0.2) is 5.69 Å². The standard InChI is InChI=1S/C15H11F3N4O2/c1-8-11(7-19)13(23)22(2)14(24)12(8)21-20-10-5-3-4-9(6-10)15(16,17)18/h3-6,23H,1-2H3. The van der Waals surface area contributed by atoms with E-state index >= 15 is 0 Å². The van der Waals surface area contributed by atoms with E-state index in [2.05, 4.69) is 10.2 Å². The molecule has 0 radical (unpaired) electrons. The van der Waals surface area contributed by atoms with E-state index < -0.39 is 23.2 Å². The van der Waals surface area contributed by atoms with Crippen LogP contribution in [0.25, 0.3) is 0 Å². The van der Waals surface area contributed by atoms with Gasteiger partial charge in [0.25, 0.3) is 5.56 Å². The molecule has 2 rings (SSSR count). The highest BCUT2D eigenvalue weighted by atomic mass is 19.4. The molecule has 0 saturated carbocycles. The lowest BCUT2D eigenvalue weighted by Gasteiger charge is -2.08. The third kappa shape index (κ3) is 3.12. The number of halogens is 3. The summed E-state index contributed by atoms with van der Waals surface area (Å²) < 4.78 is 38.8. The molecule has 1 aromatic carbocycles. The second kappa shape index (κ2) is 6.16. The maximum Gasteiger partial charge on any atom is 0.416 e. The van der Waals surface area contributed by atoms with E-state index in [0.717, 1.165) is 16.7 Å². The van der Waals surface area contributed by atoms with Crippen LogP contribution in [-0.4, -0.2) is 9.67 Å². The summed E-state index contributed by atoms with van der Waals surface area (Å²) in [5.41, 5.74) is -2.02. The molecule has 0 saturated heterocycles. The van der Waals surface area contributed by atoms with Gasteiger partial charge in [-0.2, -0.15) is 23.5 Å². The van der Waals surface area contributed by atoms with Crippen LogP contribution < -0.4 is 5.56 Å². The molecule has 124 valence electrons. The zero-order chi connectivity index (χ0) is 18.1. The predicted molar refractivity (Wildman–Crippen MR) is 78.4 cm³/mol.